The van der Waals surface area contributed by atoms with Gasteiger partial charge in [0.1, 0.15) is 5.70 Å². The van der Waals surface area contributed by atoms with Crippen molar-refractivity contribution in [2.75, 3.05) is 37.6 Å². The summed E-state index contributed by atoms with van der Waals surface area (Å²) in [6.45, 7) is 10.5. The van der Waals surface area contributed by atoms with Crippen LogP contribution in [0.25, 0.3) is 5.57 Å². The second kappa shape index (κ2) is 7.53. The highest BCUT2D eigenvalue weighted by molar-refractivity contribution is 7.11. The lowest BCUT2D eigenvalue weighted by Gasteiger charge is -2.35. The summed E-state index contributed by atoms with van der Waals surface area (Å²) in [5.41, 5.74) is 3.96. The lowest BCUT2D eigenvalue weighted by Crippen LogP contribution is -2.47. The van der Waals surface area contributed by atoms with Crippen molar-refractivity contribution < 1.29 is 9.59 Å². The maximum Gasteiger partial charge on any atom is 0.282 e. The quantitative estimate of drug-likeness (QED) is 0.745. The van der Waals surface area contributed by atoms with Crippen LogP contribution in [0.5, 0.6) is 0 Å². The molecule has 146 valence electrons. The average molecular weight is 396 g/mol. The Morgan fingerprint density at radius 1 is 0.964 bits per heavy atom. The number of anilines is 1. The zero-order valence-corrected chi connectivity index (χ0v) is 17.4. The Morgan fingerprint density at radius 3 is 2.32 bits per heavy atom. The summed E-state index contributed by atoms with van der Waals surface area (Å²) in [4.78, 5) is 33.5. The van der Waals surface area contributed by atoms with E-state index >= 15 is 0 Å². The standard InChI is InChI=1S/C22H25N3O2S/c1-4-23-9-11-24(12-10-23)20-19(18-6-5-13-28-18)21(26)25(22(20)27)17-8-7-15(2)16(3)14-17/h5-8,13-14H,4,9-12H2,1-3H3. The van der Waals surface area contributed by atoms with Crippen LogP contribution in [0.1, 0.15) is 22.9 Å². The molecule has 2 aliphatic rings. The number of imide groups is 1. The molecule has 1 aromatic heterocycles. The molecule has 0 N–H and O–H groups in total. The number of hydrogen-bond acceptors (Lipinski definition) is 5. The minimum Gasteiger partial charge on any atom is -0.364 e. The molecule has 0 saturated carbocycles. The molecule has 0 aliphatic carbocycles. The molecule has 0 atom stereocenters. The molecule has 1 fully saturated rings. The fourth-order valence-electron chi connectivity index (χ4n) is 3.84. The van der Waals surface area contributed by atoms with Gasteiger partial charge in [-0.15, -0.1) is 11.3 Å². The summed E-state index contributed by atoms with van der Waals surface area (Å²) in [6.07, 6.45) is 0. The highest BCUT2D eigenvalue weighted by atomic mass is 32.1. The van der Waals surface area contributed by atoms with Crippen molar-refractivity contribution in [1.29, 1.82) is 0 Å². The van der Waals surface area contributed by atoms with Crippen molar-refractivity contribution in [3.63, 3.8) is 0 Å². The predicted molar refractivity (Wildman–Crippen MR) is 113 cm³/mol. The maximum absolute atomic E-state index is 13.5. The van der Waals surface area contributed by atoms with Gasteiger partial charge < -0.3 is 9.80 Å². The van der Waals surface area contributed by atoms with E-state index in [-0.39, 0.29) is 11.8 Å². The smallest absolute Gasteiger partial charge is 0.282 e. The molecule has 5 nitrogen and oxygen atoms in total. The third-order valence-corrected chi connectivity index (χ3v) is 6.60. The molecule has 2 amide bonds. The van der Waals surface area contributed by atoms with E-state index in [4.69, 9.17) is 0 Å². The molecule has 6 heteroatoms. The Morgan fingerprint density at radius 2 is 1.71 bits per heavy atom. The van der Waals surface area contributed by atoms with Crippen LogP contribution in [0, 0.1) is 13.8 Å². The van der Waals surface area contributed by atoms with E-state index in [9.17, 15) is 9.59 Å². The van der Waals surface area contributed by atoms with Gasteiger partial charge in [0.05, 0.1) is 11.3 Å². The monoisotopic (exact) mass is 395 g/mol. The van der Waals surface area contributed by atoms with Crippen LogP contribution in [0.4, 0.5) is 5.69 Å². The van der Waals surface area contributed by atoms with Crippen LogP contribution in [0.3, 0.4) is 0 Å². The van der Waals surface area contributed by atoms with E-state index in [1.54, 1.807) is 0 Å². The van der Waals surface area contributed by atoms with E-state index in [1.807, 2.05) is 49.6 Å². The molecular weight excluding hydrogens is 370 g/mol. The lowest BCUT2D eigenvalue weighted by molar-refractivity contribution is -0.120. The number of amides is 2. The molecular formula is C22H25N3O2S. The van der Waals surface area contributed by atoms with Gasteiger partial charge in [0.25, 0.3) is 11.8 Å². The number of aryl methyl sites for hydroxylation is 2. The molecule has 2 aromatic rings. The minimum absolute atomic E-state index is 0.207. The second-order valence-corrected chi connectivity index (χ2v) is 8.28. The number of thiophene rings is 1. The molecule has 3 heterocycles. The van der Waals surface area contributed by atoms with Gasteiger partial charge in [-0.1, -0.05) is 19.1 Å². The third-order valence-electron chi connectivity index (χ3n) is 5.71. The number of nitrogens with zero attached hydrogens (tertiary/aromatic N) is 3. The molecule has 0 radical (unpaired) electrons. The Balaban J connectivity index is 1.75. The lowest BCUT2D eigenvalue weighted by atomic mass is 10.1. The van der Waals surface area contributed by atoms with Gasteiger partial charge in [-0.2, -0.15) is 0 Å². The number of benzene rings is 1. The average Bonchev–Trinajstić information content (AvgIpc) is 3.30. The highest BCUT2D eigenvalue weighted by Crippen LogP contribution is 2.37. The summed E-state index contributed by atoms with van der Waals surface area (Å²) in [6, 6.07) is 9.61. The van der Waals surface area contributed by atoms with Gasteiger partial charge in [0.2, 0.25) is 0 Å². The van der Waals surface area contributed by atoms with Crippen LogP contribution < -0.4 is 4.90 Å². The second-order valence-electron chi connectivity index (χ2n) is 7.34. The Bertz CT molecular complexity index is 941. The van der Waals surface area contributed by atoms with Crippen molar-refractivity contribution in [2.24, 2.45) is 0 Å². The summed E-state index contributed by atoms with van der Waals surface area (Å²) in [7, 11) is 0. The molecule has 2 aliphatic heterocycles. The first-order chi connectivity index (χ1) is 13.5. The fourth-order valence-corrected chi connectivity index (χ4v) is 4.60. The van der Waals surface area contributed by atoms with E-state index in [0.717, 1.165) is 48.7 Å². The normalized spacial score (nSPS) is 18.5. The Kier molecular flexibility index (Phi) is 5.08. The zero-order valence-electron chi connectivity index (χ0n) is 16.6. The zero-order chi connectivity index (χ0) is 19.8. The summed E-state index contributed by atoms with van der Waals surface area (Å²) in [5, 5.41) is 1.95. The fraction of sp³-hybridized carbons (Fsp3) is 0.364. The van der Waals surface area contributed by atoms with Crippen LogP contribution in [0.15, 0.2) is 41.4 Å². The van der Waals surface area contributed by atoms with Gasteiger partial charge in [0, 0.05) is 31.1 Å². The summed E-state index contributed by atoms with van der Waals surface area (Å²) >= 11 is 1.51. The van der Waals surface area contributed by atoms with Crippen LogP contribution in [-0.4, -0.2) is 54.3 Å². The summed E-state index contributed by atoms with van der Waals surface area (Å²) in [5.74, 6) is -0.426. The Hall–Kier alpha value is -2.44. The molecule has 4 rings (SSSR count). The maximum atomic E-state index is 13.5. The van der Waals surface area contributed by atoms with E-state index in [0.29, 0.717) is 17.0 Å². The first-order valence-corrected chi connectivity index (χ1v) is 10.6. The van der Waals surface area contributed by atoms with Crippen molar-refractivity contribution in [2.45, 2.75) is 20.8 Å². The molecule has 0 spiro atoms. The highest BCUT2D eigenvalue weighted by Gasteiger charge is 2.43. The number of carbonyl (C=O) groups is 2. The SMILES string of the molecule is CCN1CCN(C2=C(c3cccs3)C(=O)N(c3ccc(C)c(C)c3)C2=O)CC1. The van der Waals surface area contributed by atoms with Crippen molar-refractivity contribution >= 4 is 34.4 Å². The topological polar surface area (TPSA) is 43.9 Å². The molecule has 28 heavy (non-hydrogen) atoms. The molecule has 0 unspecified atom stereocenters. The van der Waals surface area contributed by atoms with Gasteiger partial charge in [-0.05, 0) is 55.1 Å². The minimum atomic E-state index is -0.219. The number of hydrogen-bond donors (Lipinski definition) is 0. The van der Waals surface area contributed by atoms with Gasteiger partial charge in [-0.25, -0.2) is 4.90 Å². The van der Waals surface area contributed by atoms with Crippen molar-refractivity contribution in [3.05, 3.63) is 57.4 Å². The van der Waals surface area contributed by atoms with Crippen LogP contribution in [-0.2, 0) is 9.59 Å². The Labute approximate surface area is 169 Å². The molecule has 0 bridgehead atoms. The largest absolute Gasteiger partial charge is 0.364 e. The molecule has 1 saturated heterocycles. The number of carbonyl (C=O) groups excluding carboxylic acids is 2. The van der Waals surface area contributed by atoms with Crippen LogP contribution in [0.2, 0.25) is 0 Å². The first kappa shape index (κ1) is 18.9. The molecule has 1 aromatic carbocycles. The van der Waals surface area contributed by atoms with Crippen LogP contribution >= 0.6 is 11.3 Å². The predicted octanol–water partition coefficient (Wildman–Crippen LogP) is 3.29. The number of piperazine rings is 1. The van der Waals surface area contributed by atoms with Crippen molar-refractivity contribution in [3.8, 4) is 0 Å². The summed E-state index contributed by atoms with van der Waals surface area (Å²) < 4.78 is 0. The van der Waals surface area contributed by atoms with Crippen molar-refractivity contribution in [1.82, 2.24) is 9.80 Å². The van der Waals surface area contributed by atoms with E-state index in [2.05, 4.69) is 16.7 Å². The van der Waals surface area contributed by atoms with E-state index < -0.39 is 0 Å². The number of likely N-dealkylation sites (N-methyl/N-ethyl adjacent to an activating group) is 1. The number of rotatable bonds is 4. The van der Waals surface area contributed by atoms with E-state index in [1.165, 1.54) is 16.2 Å². The van der Waals surface area contributed by atoms with Gasteiger partial charge in [0.15, 0.2) is 0 Å². The third kappa shape index (κ3) is 3.16. The first-order valence-electron chi connectivity index (χ1n) is 9.72. The van der Waals surface area contributed by atoms with Gasteiger partial charge in [-0.3, -0.25) is 9.59 Å². The van der Waals surface area contributed by atoms with Gasteiger partial charge >= 0.3 is 0 Å².